The van der Waals surface area contributed by atoms with Gasteiger partial charge in [0, 0.05) is 18.0 Å². The average Bonchev–Trinajstić information content (AvgIpc) is 2.36. The van der Waals surface area contributed by atoms with Crippen LogP contribution in [0.2, 0.25) is 0 Å². The molecule has 0 saturated heterocycles. The number of nitrogens with zero attached hydrogens (tertiary/aromatic N) is 2. The van der Waals surface area contributed by atoms with Crippen molar-refractivity contribution in [2.75, 3.05) is 5.75 Å². The topological polar surface area (TPSA) is 72.2 Å². The molecule has 0 atom stereocenters. The summed E-state index contributed by atoms with van der Waals surface area (Å²) in [6.07, 6.45) is 1.61. The van der Waals surface area contributed by atoms with Gasteiger partial charge in [0.1, 0.15) is 0 Å². The lowest BCUT2D eigenvalue weighted by atomic mass is 10.2. The first-order valence-corrected chi connectivity index (χ1v) is 6.56. The maximum absolute atomic E-state index is 11.3. The molecule has 0 fully saturated rings. The molecule has 0 bridgehead atoms. The summed E-state index contributed by atoms with van der Waals surface area (Å²) >= 11 is 1.02. The molecule has 6 heteroatoms. The Bertz CT molecular complexity index is 667. The quantitative estimate of drug-likeness (QED) is 0.680. The van der Waals surface area contributed by atoms with Crippen molar-refractivity contribution < 1.29 is 9.90 Å². The van der Waals surface area contributed by atoms with Gasteiger partial charge in [-0.05, 0) is 24.6 Å². The first-order chi connectivity index (χ1) is 9.06. The van der Waals surface area contributed by atoms with Gasteiger partial charge in [-0.3, -0.25) is 14.2 Å². The van der Waals surface area contributed by atoms with Gasteiger partial charge in [-0.1, -0.05) is 23.9 Å². The Morgan fingerprint density at radius 2 is 2.21 bits per heavy atom. The molecule has 0 amide bonds. The van der Waals surface area contributed by atoms with E-state index < -0.39 is 5.97 Å². The zero-order chi connectivity index (χ0) is 13.8. The van der Waals surface area contributed by atoms with E-state index in [0.29, 0.717) is 5.16 Å². The van der Waals surface area contributed by atoms with Crippen LogP contribution >= 0.6 is 11.8 Å². The number of thioether (sulfide) groups is 1. The van der Waals surface area contributed by atoms with Gasteiger partial charge in [0.2, 0.25) is 0 Å². The molecule has 2 aromatic rings. The van der Waals surface area contributed by atoms with Crippen LogP contribution in [-0.2, 0) is 4.79 Å². The third-order valence-electron chi connectivity index (χ3n) is 2.38. The SMILES string of the molecule is Cc1cccc(-n2ccc(=O)nc2SCC(=O)O)c1. The monoisotopic (exact) mass is 276 g/mol. The minimum absolute atomic E-state index is 0.137. The molecule has 0 radical (unpaired) electrons. The lowest BCUT2D eigenvalue weighted by Crippen LogP contribution is -2.13. The number of hydrogen-bond acceptors (Lipinski definition) is 4. The number of rotatable bonds is 4. The van der Waals surface area contributed by atoms with Crippen LogP contribution in [0.1, 0.15) is 5.56 Å². The number of carboxylic acids is 1. The molecule has 0 unspecified atom stereocenters. The van der Waals surface area contributed by atoms with Crippen molar-refractivity contribution in [3.05, 3.63) is 52.4 Å². The minimum Gasteiger partial charge on any atom is -0.481 e. The maximum atomic E-state index is 11.3. The third kappa shape index (κ3) is 3.45. The summed E-state index contributed by atoms with van der Waals surface area (Å²) < 4.78 is 1.71. The minimum atomic E-state index is -0.945. The Morgan fingerprint density at radius 1 is 1.42 bits per heavy atom. The van der Waals surface area contributed by atoms with Crippen LogP contribution < -0.4 is 5.56 Å². The van der Waals surface area contributed by atoms with Gasteiger partial charge in [0.25, 0.3) is 5.56 Å². The highest BCUT2D eigenvalue weighted by Gasteiger charge is 2.08. The predicted molar refractivity (Wildman–Crippen MR) is 72.9 cm³/mol. The number of aliphatic carboxylic acids is 1. The Kier molecular flexibility index (Phi) is 4.01. The fourth-order valence-corrected chi connectivity index (χ4v) is 2.30. The lowest BCUT2D eigenvalue weighted by Gasteiger charge is -2.11. The first kappa shape index (κ1) is 13.4. The summed E-state index contributed by atoms with van der Waals surface area (Å²) in [6, 6.07) is 9.03. The molecule has 0 aliphatic rings. The zero-order valence-corrected chi connectivity index (χ0v) is 11.1. The molecule has 0 aliphatic carbocycles. The summed E-state index contributed by atoms with van der Waals surface area (Å²) in [5.41, 5.74) is 1.54. The fraction of sp³-hybridized carbons (Fsp3) is 0.154. The maximum Gasteiger partial charge on any atom is 0.313 e. The fourth-order valence-electron chi connectivity index (χ4n) is 1.59. The molecule has 0 saturated carbocycles. The summed E-state index contributed by atoms with van der Waals surface area (Å²) in [4.78, 5) is 25.8. The number of benzene rings is 1. The number of aromatic nitrogens is 2. The summed E-state index contributed by atoms with van der Waals surface area (Å²) in [5, 5.41) is 9.09. The second-order valence-electron chi connectivity index (χ2n) is 3.94. The van der Waals surface area contributed by atoms with Crippen molar-refractivity contribution >= 4 is 17.7 Å². The Labute approximate surface area is 113 Å². The van der Waals surface area contributed by atoms with Crippen LogP contribution in [0.15, 0.2) is 46.5 Å². The smallest absolute Gasteiger partial charge is 0.313 e. The van der Waals surface area contributed by atoms with Gasteiger partial charge in [0.15, 0.2) is 5.16 Å². The Morgan fingerprint density at radius 3 is 2.89 bits per heavy atom. The van der Waals surface area contributed by atoms with Crippen LogP contribution in [0.25, 0.3) is 5.69 Å². The van der Waals surface area contributed by atoms with E-state index in [4.69, 9.17) is 5.11 Å². The van der Waals surface area contributed by atoms with Crippen molar-refractivity contribution in [3.63, 3.8) is 0 Å². The molecule has 98 valence electrons. The van der Waals surface area contributed by atoms with Crippen LogP contribution in [0.3, 0.4) is 0 Å². The van der Waals surface area contributed by atoms with E-state index in [1.807, 2.05) is 31.2 Å². The van der Waals surface area contributed by atoms with Crippen molar-refractivity contribution in [1.82, 2.24) is 9.55 Å². The molecule has 1 heterocycles. The molecular weight excluding hydrogens is 264 g/mol. The number of hydrogen-bond donors (Lipinski definition) is 1. The number of aryl methyl sites for hydroxylation is 1. The highest BCUT2D eigenvalue weighted by molar-refractivity contribution is 7.99. The second kappa shape index (κ2) is 5.71. The Balaban J connectivity index is 2.44. The molecule has 0 aliphatic heterocycles. The van der Waals surface area contributed by atoms with Gasteiger partial charge < -0.3 is 5.11 Å². The molecular formula is C13H12N2O3S. The van der Waals surface area contributed by atoms with Crippen LogP contribution in [0, 0.1) is 6.92 Å². The highest BCUT2D eigenvalue weighted by Crippen LogP contribution is 2.19. The lowest BCUT2D eigenvalue weighted by molar-refractivity contribution is -0.133. The normalized spacial score (nSPS) is 10.4. The van der Waals surface area contributed by atoms with E-state index >= 15 is 0 Å². The predicted octanol–water partition coefficient (Wildman–Crippen LogP) is 1.72. The van der Waals surface area contributed by atoms with Crippen molar-refractivity contribution in [1.29, 1.82) is 0 Å². The van der Waals surface area contributed by atoms with Crippen LogP contribution in [-0.4, -0.2) is 26.4 Å². The van der Waals surface area contributed by atoms with Crippen LogP contribution in [0.4, 0.5) is 0 Å². The van der Waals surface area contributed by atoms with Crippen molar-refractivity contribution in [3.8, 4) is 5.69 Å². The molecule has 19 heavy (non-hydrogen) atoms. The van der Waals surface area contributed by atoms with E-state index in [-0.39, 0.29) is 11.3 Å². The molecule has 2 rings (SSSR count). The van der Waals surface area contributed by atoms with Crippen molar-refractivity contribution in [2.45, 2.75) is 12.1 Å². The van der Waals surface area contributed by atoms with Gasteiger partial charge in [-0.25, -0.2) is 0 Å². The molecule has 1 aromatic heterocycles. The van der Waals surface area contributed by atoms with Crippen LogP contribution in [0.5, 0.6) is 0 Å². The zero-order valence-electron chi connectivity index (χ0n) is 10.2. The van der Waals surface area contributed by atoms with E-state index in [1.165, 1.54) is 6.07 Å². The molecule has 1 aromatic carbocycles. The average molecular weight is 276 g/mol. The molecule has 1 N–H and O–H groups in total. The number of carboxylic acid groups (broad SMARTS) is 1. The van der Waals surface area contributed by atoms with E-state index in [2.05, 4.69) is 4.98 Å². The standard InChI is InChI=1S/C13H12N2O3S/c1-9-3-2-4-10(7-9)15-6-5-11(16)14-13(15)19-8-12(17)18/h2-7H,8H2,1H3,(H,17,18). The van der Waals surface area contributed by atoms with Gasteiger partial charge in [0.05, 0.1) is 5.75 Å². The van der Waals surface area contributed by atoms with Crippen molar-refractivity contribution in [2.24, 2.45) is 0 Å². The van der Waals surface area contributed by atoms with Gasteiger partial charge in [-0.2, -0.15) is 4.98 Å². The van der Waals surface area contributed by atoms with E-state index in [0.717, 1.165) is 23.0 Å². The largest absolute Gasteiger partial charge is 0.481 e. The third-order valence-corrected chi connectivity index (χ3v) is 3.32. The summed E-state index contributed by atoms with van der Waals surface area (Å²) in [6.45, 7) is 1.96. The van der Waals surface area contributed by atoms with Gasteiger partial charge in [-0.15, -0.1) is 0 Å². The summed E-state index contributed by atoms with van der Waals surface area (Å²) in [5.74, 6) is -1.08. The highest BCUT2D eigenvalue weighted by atomic mass is 32.2. The Hall–Kier alpha value is -2.08. The molecule has 0 spiro atoms. The van der Waals surface area contributed by atoms with E-state index in [9.17, 15) is 9.59 Å². The first-order valence-electron chi connectivity index (χ1n) is 5.57. The molecule has 5 nitrogen and oxygen atoms in total. The van der Waals surface area contributed by atoms with E-state index in [1.54, 1.807) is 10.8 Å². The second-order valence-corrected chi connectivity index (χ2v) is 4.88. The summed E-state index contributed by atoms with van der Waals surface area (Å²) in [7, 11) is 0. The van der Waals surface area contributed by atoms with Gasteiger partial charge >= 0.3 is 5.97 Å². The number of carbonyl (C=O) groups is 1.